The van der Waals surface area contributed by atoms with Crippen LogP contribution in [0.15, 0.2) is 28.7 Å². The first-order chi connectivity index (χ1) is 8.16. The van der Waals surface area contributed by atoms with Gasteiger partial charge in [-0.2, -0.15) is 0 Å². The third-order valence-electron chi connectivity index (χ3n) is 2.96. The topological polar surface area (TPSA) is 43.8 Å². The van der Waals surface area contributed by atoms with E-state index >= 15 is 0 Å². The van der Waals surface area contributed by atoms with Crippen LogP contribution < -0.4 is 4.90 Å². The van der Waals surface area contributed by atoms with Crippen molar-refractivity contribution in [3.8, 4) is 0 Å². The second-order valence-corrected chi connectivity index (χ2v) is 5.00. The maximum Gasteiger partial charge on any atom is 0.407 e. The van der Waals surface area contributed by atoms with E-state index in [2.05, 4.69) is 33.0 Å². The molecule has 0 radical (unpaired) electrons. The minimum Gasteiger partial charge on any atom is -0.465 e. The summed E-state index contributed by atoms with van der Waals surface area (Å²) < 4.78 is 1.06. The fourth-order valence-corrected chi connectivity index (χ4v) is 2.28. The van der Waals surface area contributed by atoms with Crippen LogP contribution in [0, 0.1) is 0 Å². The molecule has 1 heterocycles. The number of carbonyl (C=O) groups is 1. The summed E-state index contributed by atoms with van der Waals surface area (Å²) in [5.41, 5.74) is 1.15. The van der Waals surface area contributed by atoms with Crippen molar-refractivity contribution < 1.29 is 9.90 Å². The molecule has 1 aromatic rings. The van der Waals surface area contributed by atoms with Gasteiger partial charge >= 0.3 is 6.09 Å². The Balaban J connectivity index is 2.03. The lowest BCUT2D eigenvalue weighted by Crippen LogP contribution is -2.34. The summed E-state index contributed by atoms with van der Waals surface area (Å²) in [6.45, 7) is 2.87. The number of hydrogen-bond donors (Lipinski definition) is 1. The van der Waals surface area contributed by atoms with Gasteiger partial charge in [0, 0.05) is 36.3 Å². The van der Waals surface area contributed by atoms with Gasteiger partial charge in [-0.3, -0.25) is 0 Å². The Morgan fingerprint density at radius 1 is 1.12 bits per heavy atom. The van der Waals surface area contributed by atoms with Crippen LogP contribution in [-0.2, 0) is 0 Å². The fraction of sp³-hybridized carbons (Fsp3) is 0.417. The van der Waals surface area contributed by atoms with Crippen molar-refractivity contribution in [1.29, 1.82) is 0 Å². The number of hydrogen-bond acceptors (Lipinski definition) is 2. The summed E-state index contributed by atoms with van der Waals surface area (Å²) in [5.74, 6) is 0. The molecular formula is C12H15BrN2O2. The molecule has 1 saturated heterocycles. The first-order valence-corrected chi connectivity index (χ1v) is 6.44. The lowest BCUT2D eigenvalue weighted by atomic mass is 10.3. The van der Waals surface area contributed by atoms with Gasteiger partial charge in [-0.05, 0) is 30.7 Å². The van der Waals surface area contributed by atoms with Gasteiger partial charge in [0.15, 0.2) is 0 Å². The lowest BCUT2D eigenvalue weighted by Gasteiger charge is -2.22. The Hall–Kier alpha value is -1.23. The van der Waals surface area contributed by atoms with Crippen LogP contribution in [0.1, 0.15) is 6.42 Å². The van der Waals surface area contributed by atoms with E-state index in [-0.39, 0.29) is 0 Å². The molecule has 0 spiro atoms. The predicted octanol–water partition coefficient (Wildman–Crippen LogP) is 2.64. The quantitative estimate of drug-likeness (QED) is 0.867. The normalized spacial score (nSPS) is 16.8. The molecule has 5 heteroatoms. The largest absolute Gasteiger partial charge is 0.465 e. The van der Waals surface area contributed by atoms with E-state index in [0.29, 0.717) is 13.1 Å². The number of amides is 1. The molecule has 17 heavy (non-hydrogen) atoms. The summed E-state index contributed by atoms with van der Waals surface area (Å²) >= 11 is 3.41. The zero-order chi connectivity index (χ0) is 12.3. The number of benzene rings is 1. The molecule has 1 aliphatic rings. The van der Waals surface area contributed by atoms with E-state index in [4.69, 9.17) is 5.11 Å². The molecule has 1 aromatic carbocycles. The number of rotatable bonds is 1. The van der Waals surface area contributed by atoms with Crippen molar-refractivity contribution in [2.45, 2.75) is 6.42 Å². The zero-order valence-corrected chi connectivity index (χ0v) is 11.1. The molecule has 4 nitrogen and oxygen atoms in total. The Morgan fingerprint density at radius 3 is 2.47 bits per heavy atom. The molecule has 0 aliphatic carbocycles. The maximum absolute atomic E-state index is 10.9. The van der Waals surface area contributed by atoms with Gasteiger partial charge in [0.2, 0.25) is 0 Å². The molecular weight excluding hydrogens is 284 g/mol. The minimum absolute atomic E-state index is 0.575. The van der Waals surface area contributed by atoms with Crippen LogP contribution in [-0.4, -0.2) is 42.3 Å². The highest BCUT2D eigenvalue weighted by atomic mass is 79.9. The van der Waals surface area contributed by atoms with Crippen LogP contribution in [0.2, 0.25) is 0 Å². The molecule has 1 N–H and O–H groups in total. The van der Waals surface area contributed by atoms with Crippen LogP contribution >= 0.6 is 15.9 Å². The Morgan fingerprint density at radius 2 is 1.82 bits per heavy atom. The molecule has 0 unspecified atom stereocenters. The number of halogens is 1. The van der Waals surface area contributed by atoms with Crippen LogP contribution in [0.25, 0.3) is 0 Å². The zero-order valence-electron chi connectivity index (χ0n) is 9.47. The van der Waals surface area contributed by atoms with Gasteiger partial charge in [-0.15, -0.1) is 0 Å². The average molecular weight is 299 g/mol. The first kappa shape index (κ1) is 12.2. The van der Waals surface area contributed by atoms with Gasteiger partial charge in [0.25, 0.3) is 0 Å². The van der Waals surface area contributed by atoms with E-state index in [1.165, 1.54) is 4.90 Å². The molecule has 0 bridgehead atoms. The molecule has 0 saturated carbocycles. The molecule has 2 rings (SSSR count). The minimum atomic E-state index is -0.817. The molecule has 0 aromatic heterocycles. The number of carboxylic acid groups (broad SMARTS) is 1. The highest BCUT2D eigenvalue weighted by molar-refractivity contribution is 9.10. The summed E-state index contributed by atoms with van der Waals surface area (Å²) in [6.07, 6.45) is 0.0604. The molecule has 1 fully saturated rings. The predicted molar refractivity (Wildman–Crippen MR) is 70.6 cm³/mol. The van der Waals surface area contributed by atoms with Gasteiger partial charge in [-0.25, -0.2) is 4.79 Å². The smallest absolute Gasteiger partial charge is 0.407 e. The molecule has 1 aliphatic heterocycles. The van der Waals surface area contributed by atoms with Crippen molar-refractivity contribution >= 4 is 27.7 Å². The van der Waals surface area contributed by atoms with Crippen molar-refractivity contribution in [2.75, 3.05) is 31.1 Å². The van der Waals surface area contributed by atoms with E-state index < -0.39 is 6.09 Å². The maximum atomic E-state index is 10.9. The summed E-state index contributed by atoms with van der Waals surface area (Å²) in [6, 6.07) is 8.13. The van der Waals surface area contributed by atoms with Crippen molar-refractivity contribution in [1.82, 2.24) is 4.90 Å². The van der Waals surface area contributed by atoms with Gasteiger partial charge in [-0.1, -0.05) is 15.9 Å². The number of anilines is 1. The Kier molecular flexibility index (Phi) is 3.89. The second-order valence-electron chi connectivity index (χ2n) is 4.09. The van der Waals surface area contributed by atoms with Gasteiger partial charge in [0.1, 0.15) is 0 Å². The summed E-state index contributed by atoms with van der Waals surface area (Å²) in [4.78, 5) is 14.6. The number of nitrogens with zero attached hydrogens (tertiary/aromatic N) is 2. The Labute approximate surface area is 109 Å². The van der Waals surface area contributed by atoms with Crippen LogP contribution in [0.3, 0.4) is 0 Å². The lowest BCUT2D eigenvalue weighted by molar-refractivity contribution is 0.148. The monoisotopic (exact) mass is 298 g/mol. The Bertz CT molecular complexity index is 394. The van der Waals surface area contributed by atoms with E-state index in [0.717, 1.165) is 29.7 Å². The average Bonchev–Trinajstić information content (AvgIpc) is 2.55. The molecule has 0 atom stereocenters. The van der Waals surface area contributed by atoms with Gasteiger partial charge in [0.05, 0.1) is 0 Å². The molecule has 92 valence electrons. The first-order valence-electron chi connectivity index (χ1n) is 5.65. The standard InChI is InChI=1S/C12H15BrN2O2/c13-10-2-4-11(5-3-10)14-6-1-7-15(9-8-14)12(16)17/h2-5H,1,6-9H2,(H,16,17). The highest BCUT2D eigenvalue weighted by Crippen LogP contribution is 2.19. The third kappa shape index (κ3) is 3.12. The van der Waals surface area contributed by atoms with E-state index in [1.807, 2.05) is 12.1 Å². The summed E-state index contributed by atoms with van der Waals surface area (Å²) in [5, 5.41) is 8.96. The SMILES string of the molecule is O=C(O)N1CCCN(c2ccc(Br)cc2)CC1. The summed E-state index contributed by atoms with van der Waals surface area (Å²) in [7, 11) is 0. The van der Waals surface area contributed by atoms with Crippen molar-refractivity contribution in [2.24, 2.45) is 0 Å². The molecule has 1 amide bonds. The van der Waals surface area contributed by atoms with E-state index in [1.54, 1.807) is 0 Å². The van der Waals surface area contributed by atoms with E-state index in [9.17, 15) is 4.79 Å². The van der Waals surface area contributed by atoms with Crippen LogP contribution in [0.5, 0.6) is 0 Å². The second kappa shape index (κ2) is 5.40. The third-order valence-corrected chi connectivity index (χ3v) is 3.49. The van der Waals surface area contributed by atoms with Crippen molar-refractivity contribution in [3.05, 3.63) is 28.7 Å². The van der Waals surface area contributed by atoms with Crippen LogP contribution in [0.4, 0.5) is 10.5 Å². The fourth-order valence-electron chi connectivity index (χ4n) is 2.02. The highest BCUT2D eigenvalue weighted by Gasteiger charge is 2.18. The van der Waals surface area contributed by atoms with Crippen molar-refractivity contribution in [3.63, 3.8) is 0 Å². The van der Waals surface area contributed by atoms with Gasteiger partial charge < -0.3 is 14.9 Å².